The van der Waals surface area contributed by atoms with Crippen molar-refractivity contribution in [3.8, 4) is 5.69 Å². The molecule has 0 bridgehead atoms. The van der Waals surface area contributed by atoms with Crippen LogP contribution in [0.1, 0.15) is 38.7 Å². The van der Waals surface area contributed by atoms with Crippen LogP contribution in [0.2, 0.25) is 0 Å². The standard InChI is InChI=1S/C20H25N3O/c1-15(2)7-5-10-18(24)14-16-8-6-9-17(13-16)23-21-19-11-3-4-12-20(19)22-23/h3-4,6,8-9,11-13,15,18,24H,5,7,10,14H2,1-2H3. The third kappa shape index (κ3) is 4.20. The Morgan fingerprint density at radius 3 is 2.33 bits per heavy atom. The van der Waals surface area contributed by atoms with Crippen molar-refractivity contribution in [3.63, 3.8) is 0 Å². The molecule has 1 N–H and O–H groups in total. The van der Waals surface area contributed by atoms with Gasteiger partial charge in [-0.25, -0.2) is 0 Å². The number of nitrogens with zero attached hydrogens (tertiary/aromatic N) is 3. The molecule has 4 heteroatoms. The van der Waals surface area contributed by atoms with Crippen molar-refractivity contribution in [1.82, 2.24) is 15.0 Å². The molecule has 0 radical (unpaired) electrons. The topological polar surface area (TPSA) is 50.9 Å². The van der Waals surface area contributed by atoms with E-state index in [0.717, 1.165) is 35.1 Å². The first-order valence-corrected chi connectivity index (χ1v) is 8.71. The molecule has 3 rings (SSSR count). The van der Waals surface area contributed by atoms with E-state index < -0.39 is 0 Å². The smallest absolute Gasteiger partial charge is 0.113 e. The average molecular weight is 323 g/mol. The summed E-state index contributed by atoms with van der Waals surface area (Å²) in [5, 5.41) is 19.3. The molecule has 4 nitrogen and oxygen atoms in total. The Hall–Kier alpha value is -2.20. The van der Waals surface area contributed by atoms with Crippen molar-refractivity contribution < 1.29 is 5.11 Å². The Kier molecular flexibility index (Phi) is 5.26. The van der Waals surface area contributed by atoms with E-state index in [1.165, 1.54) is 6.42 Å². The number of hydrogen-bond donors (Lipinski definition) is 1. The average Bonchev–Trinajstić information content (AvgIpc) is 2.99. The predicted molar refractivity (Wildman–Crippen MR) is 97.3 cm³/mol. The van der Waals surface area contributed by atoms with E-state index >= 15 is 0 Å². The Morgan fingerprint density at radius 1 is 0.958 bits per heavy atom. The van der Waals surface area contributed by atoms with Crippen LogP contribution in [0.4, 0.5) is 0 Å². The molecule has 0 spiro atoms. The number of rotatable bonds is 7. The van der Waals surface area contributed by atoms with Crippen LogP contribution in [0.3, 0.4) is 0 Å². The van der Waals surface area contributed by atoms with Gasteiger partial charge in [0.05, 0.1) is 11.8 Å². The quantitative estimate of drug-likeness (QED) is 0.710. The van der Waals surface area contributed by atoms with Crippen LogP contribution < -0.4 is 0 Å². The van der Waals surface area contributed by atoms with Crippen molar-refractivity contribution in [3.05, 3.63) is 54.1 Å². The zero-order chi connectivity index (χ0) is 16.9. The van der Waals surface area contributed by atoms with Crippen LogP contribution in [-0.4, -0.2) is 26.2 Å². The van der Waals surface area contributed by atoms with Crippen LogP contribution in [-0.2, 0) is 6.42 Å². The van der Waals surface area contributed by atoms with Gasteiger partial charge in [0, 0.05) is 0 Å². The van der Waals surface area contributed by atoms with Crippen molar-refractivity contribution in [1.29, 1.82) is 0 Å². The van der Waals surface area contributed by atoms with Gasteiger partial charge in [0.15, 0.2) is 0 Å². The molecule has 0 aliphatic heterocycles. The first kappa shape index (κ1) is 16.7. The lowest BCUT2D eigenvalue weighted by molar-refractivity contribution is 0.159. The Bertz CT molecular complexity index is 761. The van der Waals surface area contributed by atoms with E-state index in [-0.39, 0.29) is 6.10 Å². The van der Waals surface area contributed by atoms with E-state index in [2.05, 4.69) is 36.2 Å². The fraction of sp³-hybridized carbons (Fsp3) is 0.400. The highest BCUT2D eigenvalue weighted by Gasteiger charge is 2.09. The summed E-state index contributed by atoms with van der Waals surface area (Å²) >= 11 is 0. The fourth-order valence-electron chi connectivity index (χ4n) is 2.92. The third-order valence-corrected chi connectivity index (χ3v) is 4.22. The molecule has 2 aromatic carbocycles. The van der Waals surface area contributed by atoms with E-state index in [4.69, 9.17) is 0 Å². The highest BCUT2D eigenvalue weighted by atomic mass is 16.3. The first-order chi connectivity index (χ1) is 11.6. The normalized spacial score (nSPS) is 12.8. The van der Waals surface area contributed by atoms with Crippen molar-refractivity contribution in [2.75, 3.05) is 0 Å². The van der Waals surface area contributed by atoms with Gasteiger partial charge < -0.3 is 5.11 Å². The second kappa shape index (κ2) is 7.58. The second-order valence-electron chi connectivity index (χ2n) is 6.83. The molecular weight excluding hydrogens is 298 g/mol. The predicted octanol–water partition coefficient (Wildman–Crippen LogP) is 4.15. The summed E-state index contributed by atoms with van der Waals surface area (Å²) in [6.07, 6.45) is 3.48. The maximum absolute atomic E-state index is 10.3. The minimum absolute atomic E-state index is 0.288. The van der Waals surface area contributed by atoms with Crippen LogP contribution in [0.5, 0.6) is 0 Å². The highest BCUT2D eigenvalue weighted by Crippen LogP contribution is 2.16. The monoisotopic (exact) mass is 323 g/mol. The Balaban J connectivity index is 1.69. The summed E-state index contributed by atoms with van der Waals surface area (Å²) in [6.45, 7) is 4.44. The van der Waals surface area contributed by atoms with Gasteiger partial charge in [0.25, 0.3) is 0 Å². The third-order valence-electron chi connectivity index (χ3n) is 4.22. The summed E-state index contributed by atoms with van der Waals surface area (Å²) < 4.78 is 0. The fourth-order valence-corrected chi connectivity index (χ4v) is 2.92. The minimum atomic E-state index is -0.288. The maximum atomic E-state index is 10.3. The second-order valence-corrected chi connectivity index (χ2v) is 6.83. The van der Waals surface area contributed by atoms with Gasteiger partial charge in [-0.2, -0.15) is 4.80 Å². The van der Waals surface area contributed by atoms with Gasteiger partial charge in [-0.15, -0.1) is 10.2 Å². The lowest BCUT2D eigenvalue weighted by Gasteiger charge is -2.12. The lowest BCUT2D eigenvalue weighted by Crippen LogP contribution is -2.11. The SMILES string of the molecule is CC(C)CCCC(O)Cc1cccc(-n2nc3ccccc3n2)c1. The molecule has 0 fully saturated rings. The van der Waals surface area contributed by atoms with Crippen LogP contribution in [0.25, 0.3) is 16.7 Å². The number of aliphatic hydroxyl groups excluding tert-OH is 1. The van der Waals surface area contributed by atoms with E-state index in [1.807, 2.05) is 36.4 Å². The highest BCUT2D eigenvalue weighted by molar-refractivity contribution is 5.73. The molecule has 24 heavy (non-hydrogen) atoms. The first-order valence-electron chi connectivity index (χ1n) is 8.71. The lowest BCUT2D eigenvalue weighted by atomic mass is 10.00. The van der Waals surface area contributed by atoms with Gasteiger partial charge in [-0.3, -0.25) is 0 Å². The molecule has 1 aromatic heterocycles. The number of aliphatic hydroxyl groups is 1. The number of hydrogen-bond acceptors (Lipinski definition) is 3. The Labute approximate surface area is 143 Å². The molecule has 126 valence electrons. The molecular formula is C20H25N3O. The molecule has 0 aliphatic rings. The zero-order valence-corrected chi connectivity index (χ0v) is 14.4. The number of fused-ring (bicyclic) bond motifs is 1. The molecule has 0 aliphatic carbocycles. The Morgan fingerprint density at radius 2 is 1.67 bits per heavy atom. The van der Waals surface area contributed by atoms with Crippen LogP contribution >= 0.6 is 0 Å². The molecule has 1 unspecified atom stereocenters. The van der Waals surface area contributed by atoms with Gasteiger partial charge in [-0.1, -0.05) is 51.0 Å². The van der Waals surface area contributed by atoms with E-state index in [9.17, 15) is 5.11 Å². The molecule has 1 atom stereocenters. The van der Waals surface area contributed by atoms with Crippen LogP contribution in [0.15, 0.2) is 48.5 Å². The summed E-state index contributed by atoms with van der Waals surface area (Å²) in [4.78, 5) is 1.67. The largest absolute Gasteiger partial charge is 0.393 e. The number of benzene rings is 2. The molecule has 0 saturated heterocycles. The van der Waals surface area contributed by atoms with Gasteiger partial charge in [0.2, 0.25) is 0 Å². The molecule has 0 saturated carbocycles. The van der Waals surface area contributed by atoms with E-state index in [0.29, 0.717) is 12.3 Å². The zero-order valence-electron chi connectivity index (χ0n) is 14.4. The van der Waals surface area contributed by atoms with Crippen molar-refractivity contribution in [2.24, 2.45) is 5.92 Å². The summed E-state index contributed by atoms with van der Waals surface area (Å²) in [5.41, 5.74) is 3.82. The van der Waals surface area contributed by atoms with Gasteiger partial charge >= 0.3 is 0 Å². The summed E-state index contributed by atoms with van der Waals surface area (Å²) in [5.74, 6) is 0.695. The molecule has 3 aromatic rings. The summed E-state index contributed by atoms with van der Waals surface area (Å²) in [7, 11) is 0. The van der Waals surface area contributed by atoms with Gasteiger partial charge in [-0.05, 0) is 48.6 Å². The van der Waals surface area contributed by atoms with Gasteiger partial charge in [0.1, 0.15) is 11.0 Å². The molecule has 1 heterocycles. The van der Waals surface area contributed by atoms with Crippen molar-refractivity contribution in [2.45, 2.75) is 45.6 Å². The summed E-state index contributed by atoms with van der Waals surface area (Å²) in [6, 6.07) is 16.0. The van der Waals surface area contributed by atoms with E-state index in [1.54, 1.807) is 4.80 Å². The maximum Gasteiger partial charge on any atom is 0.113 e. The number of aromatic nitrogens is 3. The molecule has 0 amide bonds. The minimum Gasteiger partial charge on any atom is -0.393 e. The van der Waals surface area contributed by atoms with Crippen molar-refractivity contribution >= 4 is 11.0 Å². The van der Waals surface area contributed by atoms with Crippen LogP contribution in [0, 0.1) is 5.92 Å².